The molecule has 0 saturated carbocycles. The van der Waals surface area contributed by atoms with Gasteiger partial charge in [-0.2, -0.15) is 5.10 Å². The van der Waals surface area contributed by atoms with Crippen molar-refractivity contribution in [3.63, 3.8) is 0 Å². The molecular formula is C12H14N4O2. The number of primary amides is 1. The summed E-state index contributed by atoms with van der Waals surface area (Å²) in [5.41, 5.74) is 11.7. The largest absolute Gasteiger partial charge is 0.451 e. The fourth-order valence-corrected chi connectivity index (χ4v) is 1.55. The van der Waals surface area contributed by atoms with E-state index in [1.165, 1.54) is 0 Å². The summed E-state index contributed by atoms with van der Waals surface area (Å²) >= 11 is 0. The van der Waals surface area contributed by atoms with Crippen LogP contribution in [0.25, 0.3) is 0 Å². The fourth-order valence-electron chi connectivity index (χ4n) is 1.55. The molecule has 1 heterocycles. The Labute approximate surface area is 104 Å². The fraction of sp³-hybridized carbons (Fsp3) is 0.167. The maximum Gasteiger partial charge on any atom is 0.252 e. The first-order valence-corrected chi connectivity index (χ1v) is 5.50. The quantitative estimate of drug-likeness (QED) is 0.796. The summed E-state index contributed by atoms with van der Waals surface area (Å²) in [6, 6.07) is 4.86. The number of carbonyl (C=O) groups is 1. The van der Waals surface area contributed by atoms with E-state index in [4.69, 9.17) is 16.2 Å². The number of rotatable bonds is 4. The highest BCUT2D eigenvalue weighted by molar-refractivity contribution is 5.97. The SMILES string of the molecule is CCn1cc(Oc2c(N)cccc2C(N)=O)cn1. The minimum atomic E-state index is -0.583. The van der Waals surface area contributed by atoms with Crippen LogP contribution in [0.3, 0.4) is 0 Å². The second-order valence-electron chi connectivity index (χ2n) is 3.72. The van der Waals surface area contributed by atoms with E-state index in [1.807, 2.05) is 6.92 Å². The Hall–Kier alpha value is -2.50. The molecule has 0 radical (unpaired) electrons. The number of amides is 1. The molecule has 0 aliphatic rings. The smallest absolute Gasteiger partial charge is 0.252 e. The lowest BCUT2D eigenvalue weighted by atomic mass is 10.1. The molecule has 0 bridgehead atoms. The van der Waals surface area contributed by atoms with Crippen LogP contribution in [0.4, 0.5) is 5.69 Å². The average Bonchev–Trinajstić information content (AvgIpc) is 2.79. The van der Waals surface area contributed by atoms with Crippen LogP contribution in [-0.2, 0) is 6.54 Å². The van der Waals surface area contributed by atoms with Crippen LogP contribution < -0.4 is 16.2 Å². The lowest BCUT2D eigenvalue weighted by Crippen LogP contribution is -2.13. The molecule has 1 amide bonds. The minimum absolute atomic E-state index is 0.249. The number of aromatic nitrogens is 2. The molecule has 0 saturated heterocycles. The van der Waals surface area contributed by atoms with Gasteiger partial charge in [-0.3, -0.25) is 9.48 Å². The van der Waals surface area contributed by atoms with Gasteiger partial charge in [0.05, 0.1) is 23.6 Å². The summed E-state index contributed by atoms with van der Waals surface area (Å²) in [4.78, 5) is 11.3. The third kappa shape index (κ3) is 2.27. The number of benzene rings is 1. The summed E-state index contributed by atoms with van der Waals surface area (Å²) < 4.78 is 7.28. The highest BCUT2D eigenvalue weighted by Gasteiger charge is 2.13. The van der Waals surface area contributed by atoms with Crippen LogP contribution in [0.2, 0.25) is 0 Å². The predicted molar refractivity (Wildman–Crippen MR) is 67.3 cm³/mol. The van der Waals surface area contributed by atoms with Gasteiger partial charge in [0.15, 0.2) is 11.5 Å². The number of nitrogens with two attached hydrogens (primary N) is 2. The van der Waals surface area contributed by atoms with Gasteiger partial charge < -0.3 is 16.2 Å². The number of hydrogen-bond acceptors (Lipinski definition) is 4. The van der Waals surface area contributed by atoms with Crippen molar-refractivity contribution >= 4 is 11.6 Å². The van der Waals surface area contributed by atoms with Gasteiger partial charge in [0.2, 0.25) is 0 Å². The lowest BCUT2D eigenvalue weighted by molar-refractivity contribution is 0.0998. The lowest BCUT2D eigenvalue weighted by Gasteiger charge is -2.09. The van der Waals surface area contributed by atoms with Crippen molar-refractivity contribution in [1.82, 2.24) is 9.78 Å². The molecule has 4 N–H and O–H groups in total. The van der Waals surface area contributed by atoms with Gasteiger partial charge in [-0.15, -0.1) is 0 Å². The third-order valence-electron chi connectivity index (χ3n) is 2.46. The molecule has 1 aromatic carbocycles. The molecular weight excluding hydrogens is 232 g/mol. The number of ether oxygens (including phenoxy) is 1. The highest BCUT2D eigenvalue weighted by atomic mass is 16.5. The number of anilines is 1. The van der Waals surface area contributed by atoms with E-state index in [2.05, 4.69) is 5.10 Å². The van der Waals surface area contributed by atoms with E-state index >= 15 is 0 Å². The van der Waals surface area contributed by atoms with E-state index in [0.29, 0.717) is 11.4 Å². The van der Waals surface area contributed by atoms with Gasteiger partial charge in [-0.1, -0.05) is 6.07 Å². The summed E-state index contributed by atoms with van der Waals surface area (Å²) in [5.74, 6) is 0.193. The van der Waals surface area contributed by atoms with Crippen molar-refractivity contribution in [1.29, 1.82) is 0 Å². The van der Waals surface area contributed by atoms with Gasteiger partial charge in [0.1, 0.15) is 0 Å². The third-order valence-corrected chi connectivity index (χ3v) is 2.46. The van der Waals surface area contributed by atoms with Crippen molar-refractivity contribution in [3.8, 4) is 11.5 Å². The van der Waals surface area contributed by atoms with Crippen molar-refractivity contribution in [2.24, 2.45) is 5.73 Å². The first-order chi connectivity index (χ1) is 8.61. The van der Waals surface area contributed by atoms with Crippen molar-refractivity contribution < 1.29 is 9.53 Å². The molecule has 18 heavy (non-hydrogen) atoms. The zero-order chi connectivity index (χ0) is 13.1. The number of nitrogen functional groups attached to an aromatic ring is 1. The Kier molecular flexibility index (Phi) is 3.18. The molecule has 0 aliphatic heterocycles. The second kappa shape index (κ2) is 4.79. The van der Waals surface area contributed by atoms with E-state index in [-0.39, 0.29) is 11.3 Å². The van der Waals surface area contributed by atoms with Gasteiger partial charge in [-0.25, -0.2) is 0 Å². The normalized spacial score (nSPS) is 10.3. The number of carbonyl (C=O) groups excluding carboxylic acids is 1. The molecule has 0 atom stereocenters. The number of para-hydroxylation sites is 1. The van der Waals surface area contributed by atoms with E-state index < -0.39 is 5.91 Å². The Bertz CT molecular complexity index is 577. The molecule has 0 spiro atoms. The summed E-state index contributed by atoms with van der Waals surface area (Å²) in [6.07, 6.45) is 3.28. The van der Waals surface area contributed by atoms with Crippen LogP contribution in [0.1, 0.15) is 17.3 Å². The van der Waals surface area contributed by atoms with E-state index in [0.717, 1.165) is 6.54 Å². The summed E-state index contributed by atoms with van der Waals surface area (Å²) in [6.45, 7) is 2.69. The van der Waals surface area contributed by atoms with Crippen LogP contribution in [0.5, 0.6) is 11.5 Å². The molecule has 94 valence electrons. The Morgan fingerprint density at radius 2 is 2.28 bits per heavy atom. The predicted octanol–water partition coefficient (Wildman–Crippen LogP) is 1.38. The Morgan fingerprint density at radius 1 is 1.50 bits per heavy atom. The number of aryl methyl sites for hydroxylation is 1. The van der Waals surface area contributed by atoms with E-state index in [1.54, 1.807) is 35.3 Å². The Balaban J connectivity index is 2.36. The Morgan fingerprint density at radius 3 is 2.89 bits per heavy atom. The first kappa shape index (κ1) is 12.0. The van der Waals surface area contributed by atoms with Gasteiger partial charge >= 0.3 is 0 Å². The van der Waals surface area contributed by atoms with Crippen LogP contribution >= 0.6 is 0 Å². The minimum Gasteiger partial charge on any atom is -0.451 e. The van der Waals surface area contributed by atoms with Crippen molar-refractivity contribution in [2.45, 2.75) is 13.5 Å². The summed E-state index contributed by atoms with van der Waals surface area (Å²) in [5, 5.41) is 4.07. The van der Waals surface area contributed by atoms with Crippen LogP contribution in [0, 0.1) is 0 Å². The van der Waals surface area contributed by atoms with Crippen molar-refractivity contribution in [2.75, 3.05) is 5.73 Å². The zero-order valence-corrected chi connectivity index (χ0v) is 9.96. The first-order valence-electron chi connectivity index (χ1n) is 5.50. The molecule has 0 fully saturated rings. The second-order valence-corrected chi connectivity index (χ2v) is 3.72. The van der Waals surface area contributed by atoms with Gasteiger partial charge in [0.25, 0.3) is 5.91 Å². The van der Waals surface area contributed by atoms with Crippen LogP contribution in [0.15, 0.2) is 30.6 Å². The molecule has 6 nitrogen and oxygen atoms in total. The standard InChI is InChI=1S/C12H14N4O2/c1-2-16-7-8(6-15-16)18-11-9(12(14)17)4-3-5-10(11)13/h3-7H,2,13H2,1H3,(H2,14,17). The zero-order valence-electron chi connectivity index (χ0n) is 9.96. The number of hydrogen-bond donors (Lipinski definition) is 2. The maximum absolute atomic E-state index is 11.3. The average molecular weight is 246 g/mol. The van der Waals surface area contributed by atoms with Gasteiger partial charge in [-0.05, 0) is 19.1 Å². The van der Waals surface area contributed by atoms with E-state index in [9.17, 15) is 4.79 Å². The molecule has 2 rings (SSSR count). The molecule has 2 aromatic rings. The summed E-state index contributed by atoms with van der Waals surface area (Å²) in [7, 11) is 0. The van der Waals surface area contributed by atoms with Gasteiger partial charge in [0, 0.05) is 6.54 Å². The maximum atomic E-state index is 11.3. The highest BCUT2D eigenvalue weighted by Crippen LogP contribution is 2.30. The van der Waals surface area contributed by atoms with Crippen molar-refractivity contribution in [3.05, 3.63) is 36.2 Å². The molecule has 0 aliphatic carbocycles. The number of nitrogens with zero attached hydrogens (tertiary/aromatic N) is 2. The topological polar surface area (TPSA) is 96.2 Å². The molecule has 1 aromatic heterocycles. The monoisotopic (exact) mass is 246 g/mol. The van der Waals surface area contributed by atoms with Crippen LogP contribution in [-0.4, -0.2) is 15.7 Å². The molecule has 6 heteroatoms. The molecule has 0 unspecified atom stereocenters.